The van der Waals surface area contributed by atoms with Crippen molar-refractivity contribution in [2.75, 3.05) is 6.61 Å². The molecule has 2 atom stereocenters. The summed E-state index contributed by atoms with van der Waals surface area (Å²) in [5.41, 5.74) is 0.177. The number of rotatable bonds is 3. The Labute approximate surface area is 64.9 Å². The summed E-state index contributed by atoms with van der Waals surface area (Å²) in [6, 6.07) is 0. The van der Waals surface area contributed by atoms with Crippen molar-refractivity contribution < 1.29 is 4.74 Å². The maximum atomic E-state index is 5.26. The Balaban J connectivity index is 2.24. The molecule has 0 radical (unpaired) electrons. The fourth-order valence-corrected chi connectivity index (χ4v) is 1.58. The molecule has 1 rings (SSSR count). The maximum absolute atomic E-state index is 5.26. The third-order valence-electron chi connectivity index (χ3n) is 1.80. The standard InChI is InChI=1S/C7H13BrO/c1-3-4-6(8)7(2)5-9-7/h6H,3-5H2,1-2H3/t6-,7-/m1/s1. The summed E-state index contributed by atoms with van der Waals surface area (Å²) in [7, 11) is 0. The lowest BCUT2D eigenvalue weighted by atomic mass is 10.1. The lowest BCUT2D eigenvalue weighted by Gasteiger charge is -2.11. The van der Waals surface area contributed by atoms with E-state index in [4.69, 9.17) is 4.74 Å². The van der Waals surface area contributed by atoms with Crippen LogP contribution in [0.4, 0.5) is 0 Å². The van der Waals surface area contributed by atoms with Gasteiger partial charge in [0.1, 0.15) is 5.60 Å². The highest BCUT2D eigenvalue weighted by atomic mass is 79.9. The van der Waals surface area contributed by atoms with Crippen LogP contribution in [0.25, 0.3) is 0 Å². The second-order valence-electron chi connectivity index (χ2n) is 2.86. The van der Waals surface area contributed by atoms with Gasteiger partial charge in [-0.05, 0) is 13.3 Å². The molecule has 0 aromatic rings. The molecule has 0 unspecified atom stereocenters. The summed E-state index contributed by atoms with van der Waals surface area (Å²) in [4.78, 5) is 0.565. The molecule has 0 saturated carbocycles. The number of alkyl halides is 1. The third kappa shape index (κ3) is 1.68. The molecule has 0 spiro atoms. The molecule has 1 aliphatic heterocycles. The van der Waals surface area contributed by atoms with Gasteiger partial charge in [0.2, 0.25) is 0 Å². The molecule has 0 amide bonds. The number of halogens is 1. The van der Waals surface area contributed by atoms with E-state index in [-0.39, 0.29) is 5.60 Å². The Morgan fingerprint density at radius 2 is 2.33 bits per heavy atom. The van der Waals surface area contributed by atoms with E-state index in [1.807, 2.05) is 0 Å². The molecule has 1 aliphatic rings. The van der Waals surface area contributed by atoms with Gasteiger partial charge in [-0.1, -0.05) is 29.3 Å². The van der Waals surface area contributed by atoms with Gasteiger partial charge in [-0.3, -0.25) is 0 Å². The summed E-state index contributed by atoms with van der Waals surface area (Å²) in [5.74, 6) is 0. The molecular formula is C7H13BrO. The van der Waals surface area contributed by atoms with Crippen LogP contribution in [0.2, 0.25) is 0 Å². The normalized spacial score (nSPS) is 36.3. The molecule has 1 fully saturated rings. The predicted octanol–water partition coefficient (Wildman–Crippen LogP) is 2.34. The topological polar surface area (TPSA) is 12.5 Å². The van der Waals surface area contributed by atoms with Crippen LogP contribution in [-0.4, -0.2) is 17.0 Å². The molecule has 54 valence electrons. The minimum Gasteiger partial charge on any atom is -0.369 e. The van der Waals surface area contributed by atoms with Gasteiger partial charge in [0.15, 0.2) is 0 Å². The molecule has 1 nitrogen and oxygen atoms in total. The van der Waals surface area contributed by atoms with Crippen molar-refractivity contribution in [3.8, 4) is 0 Å². The van der Waals surface area contributed by atoms with E-state index in [0.29, 0.717) is 4.83 Å². The van der Waals surface area contributed by atoms with E-state index in [9.17, 15) is 0 Å². The molecule has 2 heteroatoms. The van der Waals surface area contributed by atoms with Crippen molar-refractivity contribution in [1.82, 2.24) is 0 Å². The Hall–Kier alpha value is 0.440. The first-order chi connectivity index (χ1) is 4.19. The number of hydrogen-bond donors (Lipinski definition) is 0. The van der Waals surface area contributed by atoms with Crippen molar-refractivity contribution in [3.05, 3.63) is 0 Å². The monoisotopic (exact) mass is 192 g/mol. The summed E-state index contributed by atoms with van der Waals surface area (Å²) < 4.78 is 5.26. The van der Waals surface area contributed by atoms with E-state index in [0.717, 1.165) is 6.61 Å². The molecular weight excluding hydrogens is 180 g/mol. The van der Waals surface area contributed by atoms with E-state index >= 15 is 0 Å². The molecule has 1 saturated heterocycles. The van der Waals surface area contributed by atoms with Crippen LogP contribution >= 0.6 is 15.9 Å². The van der Waals surface area contributed by atoms with Gasteiger partial charge in [-0.2, -0.15) is 0 Å². The highest BCUT2D eigenvalue weighted by Gasteiger charge is 2.45. The van der Waals surface area contributed by atoms with Gasteiger partial charge in [0, 0.05) is 4.83 Å². The van der Waals surface area contributed by atoms with E-state index in [1.54, 1.807) is 0 Å². The van der Waals surface area contributed by atoms with Gasteiger partial charge >= 0.3 is 0 Å². The van der Waals surface area contributed by atoms with Crippen LogP contribution in [0.5, 0.6) is 0 Å². The molecule has 0 aromatic heterocycles. The molecule has 0 bridgehead atoms. The van der Waals surface area contributed by atoms with Crippen LogP contribution in [0.15, 0.2) is 0 Å². The van der Waals surface area contributed by atoms with Crippen molar-refractivity contribution in [2.45, 2.75) is 37.1 Å². The summed E-state index contributed by atoms with van der Waals surface area (Å²) in [6.45, 7) is 5.28. The second kappa shape index (κ2) is 2.59. The quantitative estimate of drug-likeness (QED) is 0.495. The number of ether oxygens (including phenoxy) is 1. The minimum absolute atomic E-state index is 0.177. The molecule has 0 aromatic carbocycles. The highest BCUT2D eigenvalue weighted by molar-refractivity contribution is 9.09. The SMILES string of the molecule is CCC[C@@H](Br)[C@@]1(C)CO1. The molecule has 1 heterocycles. The fraction of sp³-hybridized carbons (Fsp3) is 1.00. The van der Waals surface area contributed by atoms with Gasteiger partial charge in [0.25, 0.3) is 0 Å². The third-order valence-corrected chi connectivity index (χ3v) is 3.23. The zero-order chi connectivity index (χ0) is 6.91. The Morgan fingerprint density at radius 1 is 1.78 bits per heavy atom. The zero-order valence-electron chi connectivity index (χ0n) is 5.98. The van der Waals surface area contributed by atoms with Crippen LogP contribution in [0.3, 0.4) is 0 Å². The fourth-order valence-electron chi connectivity index (χ4n) is 0.853. The van der Waals surface area contributed by atoms with E-state index in [1.165, 1.54) is 12.8 Å². The number of hydrogen-bond acceptors (Lipinski definition) is 1. The molecule has 0 N–H and O–H groups in total. The average Bonchev–Trinajstić information content (AvgIpc) is 2.50. The Morgan fingerprint density at radius 3 is 2.67 bits per heavy atom. The second-order valence-corrected chi connectivity index (χ2v) is 3.96. The van der Waals surface area contributed by atoms with Crippen LogP contribution in [0.1, 0.15) is 26.7 Å². The Kier molecular flexibility index (Phi) is 2.17. The first-order valence-electron chi connectivity index (χ1n) is 3.47. The highest BCUT2D eigenvalue weighted by Crippen LogP contribution is 2.36. The largest absolute Gasteiger partial charge is 0.369 e. The molecule has 0 aliphatic carbocycles. The van der Waals surface area contributed by atoms with Crippen LogP contribution < -0.4 is 0 Å². The summed E-state index contributed by atoms with van der Waals surface area (Å²) >= 11 is 3.60. The lowest BCUT2D eigenvalue weighted by Crippen LogP contribution is -2.19. The van der Waals surface area contributed by atoms with Gasteiger partial charge in [-0.15, -0.1) is 0 Å². The summed E-state index contributed by atoms with van der Waals surface area (Å²) in [6.07, 6.45) is 2.45. The minimum atomic E-state index is 0.177. The number of epoxide rings is 1. The average molecular weight is 193 g/mol. The first kappa shape index (κ1) is 7.55. The van der Waals surface area contributed by atoms with Crippen molar-refractivity contribution in [2.24, 2.45) is 0 Å². The summed E-state index contributed by atoms with van der Waals surface area (Å²) in [5, 5.41) is 0. The predicted molar refractivity (Wildman–Crippen MR) is 42.0 cm³/mol. The molecule has 9 heavy (non-hydrogen) atoms. The van der Waals surface area contributed by atoms with E-state index in [2.05, 4.69) is 29.8 Å². The van der Waals surface area contributed by atoms with Crippen molar-refractivity contribution in [3.63, 3.8) is 0 Å². The van der Waals surface area contributed by atoms with Crippen molar-refractivity contribution in [1.29, 1.82) is 0 Å². The van der Waals surface area contributed by atoms with Crippen molar-refractivity contribution >= 4 is 15.9 Å². The van der Waals surface area contributed by atoms with E-state index < -0.39 is 0 Å². The maximum Gasteiger partial charge on any atom is 0.101 e. The van der Waals surface area contributed by atoms with Gasteiger partial charge < -0.3 is 4.74 Å². The first-order valence-corrected chi connectivity index (χ1v) is 4.38. The van der Waals surface area contributed by atoms with Crippen LogP contribution in [-0.2, 0) is 4.74 Å². The smallest absolute Gasteiger partial charge is 0.101 e. The Bertz CT molecular complexity index is 99.1. The zero-order valence-corrected chi connectivity index (χ0v) is 7.57. The van der Waals surface area contributed by atoms with Gasteiger partial charge in [0.05, 0.1) is 6.61 Å². The van der Waals surface area contributed by atoms with Gasteiger partial charge in [-0.25, -0.2) is 0 Å². The lowest BCUT2D eigenvalue weighted by molar-refractivity contribution is 0.313. The van der Waals surface area contributed by atoms with Crippen LogP contribution in [0, 0.1) is 0 Å².